The fourth-order valence-corrected chi connectivity index (χ4v) is 3.31. The molecule has 4 nitrogen and oxygen atoms in total. The number of carbonyl (C=O) groups is 1. The van der Waals surface area contributed by atoms with Crippen LogP contribution in [-0.4, -0.2) is 12.1 Å². The lowest BCUT2D eigenvalue weighted by Crippen LogP contribution is -2.18. The summed E-state index contributed by atoms with van der Waals surface area (Å²) >= 11 is 0. The van der Waals surface area contributed by atoms with E-state index >= 15 is 0 Å². The van der Waals surface area contributed by atoms with Crippen molar-refractivity contribution in [1.82, 2.24) is 5.43 Å². The molecular formula is C26H22N2O2. The average molecular weight is 394 g/mol. The molecule has 1 N–H and O–H groups in total. The third kappa shape index (κ3) is 4.39. The maximum atomic E-state index is 12.5. The number of fused-ring (bicyclic) bond motifs is 1. The molecule has 30 heavy (non-hydrogen) atoms. The van der Waals surface area contributed by atoms with E-state index in [1.807, 2.05) is 91.9 Å². The molecule has 0 radical (unpaired) electrons. The van der Waals surface area contributed by atoms with Gasteiger partial charge in [0.2, 0.25) is 0 Å². The van der Waals surface area contributed by atoms with E-state index in [4.69, 9.17) is 4.74 Å². The second-order valence-corrected chi connectivity index (χ2v) is 6.99. The zero-order valence-electron chi connectivity index (χ0n) is 16.7. The highest BCUT2D eigenvalue weighted by molar-refractivity contribution is 6.03. The van der Waals surface area contributed by atoms with Crippen molar-refractivity contribution in [3.05, 3.63) is 113 Å². The van der Waals surface area contributed by atoms with E-state index in [0.29, 0.717) is 17.9 Å². The van der Waals surface area contributed by atoms with E-state index < -0.39 is 0 Å². The molecule has 0 saturated heterocycles. The zero-order chi connectivity index (χ0) is 20.8. The summed E-state index contributed by atoms with van der Waals surface area (Å²) in [6.45, 7) is 2.36. The zero-order valence-corrected chi connectivity index (χ0v) is 16.7. The summed E-state index contributed by atoms with van der Waals surface area (Å²) in [5.41, 5.74) is 6.05. The van der Waals surface area contributed by atoms with Gasteiger partial charge in [0.25, 0.3) is 5.91 Å². The van der Waals surface area contributed by atoms with E-state index in [9.17, 15) is 4.79 Å². The quantitative estimate of drug-likeness (QED) is 0.347. The van der Waals surface area contributed by atoms with Crippen LogP contribution in [0.1, 0.15) is 27.0 Å². The van der Waals surface area contributed by atoms with Crippen molar-refractivity contribution in [1.29, 1.82) is 0 Å². The first-order valence-electron chi connectivity index (χ1n) is 9.80. The van der Waals surface area contributed by atoms with Gasteiger partial charge in [-0.25, -0.2) is 5.43 Å². The second kappa shape index (κ2) is 9.05. The lowest BCUT2D eigenvalue weighted by Gasteiger charge is -2.12. The number of nitrogens with one attached hydrogen (secondary N) is 1. The molecule has 0 saturated carbocycles. The molecule has 0 aliphatic carbocycles. The molecule has 0 aromatic heterocycles. The molecule has 4 rings (SSSR count). The van der Waals surface area contributed by atoms with E-state index in [1.54, 1.807) is 12.3 Å². The lowest BCUT2D eigenvalue weighted by molar-refractivity contribution is 0.0954. The molecule has 148 valence electrons. The fraction of sp³-hybridized carbons (Fsp3) is 0.0769. The Morgan fingerprint density at radius 3 is 2.47 bits per heavy atom. The van der Waals surface area contributed by atoms with Gasteiger partial charge < -0.3 is 4.74 Å². The van der Waals surface area contributed by atoms with E-state index in [-0.39, 0.29) is 5.91 Å². The van der Waals surface area contributed by atoms with E-state index in [0.717, 1.165) is 27.5 Å². The first-order valence-corrected chi connectivity index (χ1v) is 9.80. The summed E-state index contributed by atoms with van der Waals surface area (Å²) in [4.78, 5) is 12.5. The van der Waals surface area contributed by atoms with Gasteiger partial charge in [-0.15, -0.1) is 0 Å². The van der Waals surface area contributed by atoms with Crippen molar-refractivity contribution < 1.29 is 9.53 Å². The summed E-state index contributed by atoms with van der Waals surface area (Å²) in [7, 11) is 0. The van der Waals surface area contributed by atoms with Crippen LogP contribution in [0.25, 0.3) is 10.8 Å². The minimum Gasteiger partial charge on any atom is -0.488 e. The Morgan fingerprint density at radius 2 is 1.63 bits per heavy atom. The van der Waals surface area contributed by atoms with Gasteiger partial charge in [0.1, 0.15) is 12.4 Å². The average Bonchev–Trinajstić information content (AvgIpc) is 2.79. The van der Waals surface area contributed by atoms with E-state index in [1.165, 1.54) is 0 Å². The number of hydrogen-bond acceptors (Lipinski definition) is 3. The van der Waals surface area contributed by atoms with Crippen LogP contribution in [0.2, 0.25) is 0 Å². The molecule has 0 aliphatic heterocycles. The number of hydrogen-bond donors (Lipinski definition) is 1. The molecule has 1 amide bonds. The minimum atomic E-state index is -0.239. The van der Waals surface area contributed by atoms with Gasteiger partial charge in [-0.3, -0.25) is 4.79 Å². The Balaban J connectivity index is 1.60. The maximum Gasteiger partial charge on any atom is 0.271 e. The Bertz CT molecular complexity index is 1200. The summed E-state index contributed by atoms with van der Waals surface area (Å²) in [6.07, 6.45) is 1.65. The molecule has 4 aromatic rings. The SMILES string of the molecule is Cc1ccccc1C(=O)N/N=C\c1c(OCc2ccccc2)ccc2ccccc12. The van der Waals surface area contributed by atoms with Crippen molar-refractivity contribution in [2.75, 3.05) is 0 Å². The monoisotopic (exact) mass is 394 g/mol. The third-order valence-corrected chi connectivity index (χ3v) is 4.92. The van der Waals surface area contributed by atoms with Crippen LogP contribution in [-0.2, 0) is 6.61 Å². The second-order valence-electron chi connectivity index (χ2n) is 6.99. The predicted octanol–water partition coefficient (Wildman–Crippen LogP) is 5.49. The van der Waals surface area contributed by atoms with Crippen LogP contribution in [0, 0.1) is 6.92 Å². The largest absolute Gasteiger partial charge is 0.488 e. The van der Waals surface area contributed by atoms with Crippen molar-refractivity contribution in [2.24, 2.45) is 5.10 Å². The van der Waals surface area contributed by atoms with Gasteiger partial charge in [0, 0.05) is 11.1 Å². The molecule has 0 bridgehead atoms. The standard InChI is InChI=1S/C26H22N2O2/c1-19-9-5-7-13-22(19)26(29)28-27-17-24-23-14-8-6-12-21(23)15-16-25(24)30-18-20-10-3-2-4-11-20/h2-17H,18H2,1H3,(H,28,29)/b27-17-. The van der Waals surface area contributed by atoms with Crippen molar-refractivity contribution in [3.63, 3.8) is 0 Å². The van der Waals surface area contributed by atoms with Crippen LogP contribution in [0.3, 0.4) is 0 Å². The Labute approximate surface area is 175 Å². The number of hydrazone groups is 1. The summed E-state index contributed by atoms with van der Waals surface area (Å²) in [6, 6.07) is 29.4. The Morgan fingerprint density at radius 1 is 0.900 bits per heavy atom. The summed E-state index contributed by atoms with van der Waals surface area (Å²) in [5.74, 6) is 0.475. The summed E-state index contributed by atoms with van der Waals surface area (Å²) in [5, 5.41) is 6.31. The molecule has 0 aliphatic rings. The smallest absolute Gasteiger partial charge is 0.271 e. The first-order chi connectivity index (χ1) is 14.7. The molecule has 0 fully saturated rings. The fourth-order valence-electron chi connectivity index (χ4n) is 3.31. The number of ether oxygens (including phenoxy) is 1. The molecule has 0 heterocycles. The number of carbonyl (C=O) groups excluding carboxylic acids is 1. The summed E-state index contributed by atoms with van der Waals surface area (Å²) < 4.78 is 6.09. The van der Waals surface area contributed by atoms with Crippen LogP contribution in [0.15, 0.2) is 96.1 Å². The number of rotatable bonds is 6. The van der Waals surface area contributed by atoms with Crippen LogP contribution >= 0.6 is 0 Å². The van der Waals surface area contributed by atoms with Crippen LogP contribution < -0.4 is 10.2 Å². The maximum absolute atomic E-state index is 12.5. The minimum absolute atomic E-state index is 0.239. The van der Waals surface area contributed by atoms with Crippen LogP contribution in [0.5, 0.6) is 5.75 Å². The topological polar surface area (TPSA) is 50.7 Å². The number of nitrogens with zero attached hydrogens (tertiary/aromatic N) is 1. The normalized spacial score (nSPS) is 11.0. The Hall–Kier alpha value is -3.92. The van der Waals surface area contributed by atoms with Gasteiger partial charge in [-0.05, 0) is 41.0 Å². The third-order valence-electron chi connectivity index (χ3n) is 4.92. The van der Waals surface area contributed by atoms with Gasteiger partial charge in [0.15, 0.2) is 0 Å². The van der Waals surface area contributed by atoms with E-state index in [2.05, 4.69) is 10.5 Å². The highest BCUT2D eigenvalue weighted by Crippen LogP contribution is 2.27. The molecule has 0 unspecified atom stereocenters. The Kier molecular flexibility index (Phi) is 5.85. The number of aryl methyl sites for hydroxylation is 1. The van der Waals surface area contributed by atoms with Gasteiger partial charge in [0.05, 0.1) is 6.21 Å². The molecule has 4 heteroatoms. The first kappa shape index (κ1) is 19.4. The van der Waals surface area contributed by atoms with Crippen molar-refractivity contribution in [2.45, 2.75) is 13.5 Å². The van der Waals surface area contributed by atoms with Gasteiger partial charge in [-0.2, -0.15) is 5.10 Å². The van der Waals surface area contributed by atoms with Crippen molar-refractivity contribution >= 4 is 22.9 Å². The van der Waals surface area contributed by atoms with Crippen molar-refractivity contribution in [3.8, 4) is 5.75 Å². The predicted molar refractivity (Wildman–Crippen MR) is 121 cm³/mol. The van der Waals surface area contributed by atoms with Gasteiger partial charge >= 0.3 is 0 Å². The lowest BCUT2D eigenvalue weighted by atomic mass is 10.0. The molecule has 0 spiro atoms. The molecule has 4 aromatic carbocycles. The van der Waals surface area contributed by atoms with Crippen LogP contribution in [0.4, 0.5) is 0 Å². The molecule has 0 atom stereocenters. The highest BCUT2D eigenvalue weighted by Gasteiger charge is 2.09. The molecular weight excluding hydrogens is 372 g/mol. The van der Waals surface area contributed by atoms with Gasteiger partial charge in [-0.1, -0.05) is 78.9 Å². The number of amides is 1. The number of benzene rings is 4. The highest BCUT2D eigenvalue weighted by atomic mass is 16.5.